The maximum atomic E-state index is 12.3. The number of hydrogen-bond donors (Lipinski definition) is 3. The SMILES string of the molecule is CCC(CC)NC(=O)Nc1ccc(Oc2ccc(N3CCC(ONC(=O)c4ccccc4)CC3)cc2)c(OC)c1. The first-order chi connectivity index (χ1) is 19.5. The molecule has 1 fully saturated rings. The van der Waals surface area contributed by atoms with Gasteiger partial charge in [-0.3, -0.25) is 9.63 Å². The number of ether oxygens (including phenoxy) is 2. The number of carbonyl (C=O) groups excluding carboxylic acids is 2. The van der Waals surface area contributed by atoms with E-state index in [0.29, 0.717) is 28.5 Å². The number of hydroxylamine groups is 1. The standard InChI is InChI=1S/C31H38N4O5/c1-4-23(5-2)32-31(37)33-24-11-16-28(29(21-24)38-3)39-26-14-12-25(13-15-26)35-19-17-27(18-20-35)40-34-30(36)22-9-7-6-8-10-22/h6-16,21,23,27H,4-5,17-20H2,1-3H3,(H,34,36)(H2,32,33,37). The van der Waals surface area contributed by atoms with Gasteiger partial charge in [-0.1, -0.05) is 32.0 Å². The molecule has 0 spiro atoms. The van der Waals surface area contributed by atoms with Crippen LogP contribution in [-0.4, -0.2) is 44.3 Å². The molecule has 9 heteroatoms. The number of urea groups is 1. The summed E-state index contributed by atoms with van der Waals surface area (Å²) in [6.45, 7) is 5.73. The van der Waals surface area contributed by atoms with Crippen LogP contribution in [0.4, 0.5) is 16.2 Å². The molecule has 0 aliphatic carbocycles. The zero-order valence-electron chi connectivity index (χ0n) is 23.3. The molecule has 1 aliphatic rings. The lowest BCUT2D eigenvalue weighted by Gasteiger charge is -2.33. The summed E-state index contributed by atoms with van der Waals surface area (Å²) in [5.74, 6) is 1.52. The molecule has 1 saturated heterocycles. The summed E-state index contributed by atoms with van der Waals surface area (Å²) >= 11 is 0. The molecular formula is C31H38N4O5. The van der Waals surface area contributed by atoms with E-state index < -0.39 is 0 Å². The Morgan fingerprint density at radius 2 is 1.62 bits per heavy atom. The number of nitrogens with zero attached hydrogens (tertiary/aromatic N) is 1. The quantitative estimate of drug-likeness (QED) is 0.250. The molecule has 1 heterocycles. The Hall–Kier alpha value is -4.24. The zero-order chi connectivity index (χ0) is 28.3. The van der Waals surface area contributed by atoms with Crippen molar-refractivity contribution in [3.05, 3.63) is 78.4 Å². The van der Waals surface area contributed by atoms with Crippen LogP contribution < -0.4 is 30.5 Å². The second kappa shape index (κ2) is 14.2. The number of nitrogens with one attached hydrogen (secondary N) is 3. The molecule has 0 unspecified atom stereocenters. The van der Waals surface area contributed by atoms with Crippen molar-refractivity contribution in [1.29, 1.82) is 0 Å². The van der Waals surface area contributed by atoms with Crippen LogP contribution in [0.2, 0.25) is 0 Å². The van der Waals surface area contributed by atoms with E-state index in [1.165, 1.54) is 0 Å². The topological polar surface area (TPSA) is 101 Å². The second-order valence-electron chi connectivity index (χ2n) is 9.67. The minimum atomic E-state index is -0.243. The van der Waals surface area contributed by atoms with Crippen molar-refractivity contribution >= 4 is 23.3 Å². The van der Waals surface area contributed by atoms with E-state index in [1.807, 2.05) is 56.3 Å². The molecule has 212 valence electrons. The van der Waals surface area contributed by atoms with Crippen LogP contribution in [0, 0.1) is 0 Å². The van der Waals surface area contributed by atoms with Crippen molar-refractivity contribution in [2.24, 2.45) is 0 Å². The van der Waals surface area contributed by atoms with Crippen LogP contribution in [0.3, 0.4) is 0 Å². The number of carbonyl (C=O) groups is 2. The molecule has 0 atom stereocenters. The lowest BCUT2D eigenvalue weighted by Crippen LogP contribution is -2.40. The monoisotopic (exact) mass is 546 g/mol. The second-order valence-corrected chi connectivity index (χ2v) is 9.67. The minimum Gasteiger partial charge on any atom is -0.493 e. The number of piperidine rings is 1. The lowest BCUT2D eigenvalue weighted by atomic mass is 10.1. The maximum absolute atomic E-state index is 12.3. The van der Waals surface area contributed by atoms with Crippen LogP contribution in [0.5, 0.6) is 17.2 Å². The first-order valence-corrected chi connectivity index (χ1v) is 13.8. The van der Waals surface area contributed by atoms with Crippen LogP contribution in [0.25, 0.3) is 0 Å². The molecule has 3 amide bonds. The Morgan fingerprint density at radius 3 is 2.27 bits per heavy atom. The summed E-state index contributed by atoms with van der Waals surface area (Å²) in [4.78, 5) is 32.4. The van der Waals surface area contributed by atoms with Crippen molar-refractivity contribution in [3.63, 3.8) is 0 Å². The molecule has 3 aromatic rings. The first kappa shape index (κ1) is 28.8. The summed E-state index contributed by atoms with van der Waals surface area (Å²) in [5, 5.41) is 5.81. The number of methoxy groups -OCH3 is 1. The highest BCUT2D eigenvalue weighted by molar-refractivity contribution is 5.93. The van der Waals surface area contributed by atoms with Crippen LogP contribution in [0.1, 0.15) is 49.9 Å². The third-order valence-corrected chi connectivity index (χ3v) is 6.97. The average Bonchev–Trinajstić information content (AvgIpc) is 3.00. The molecule has 3 N–H and O–H groups in total. The van der Waals surface area contributed by atoms with Gasteiger partial charge in [0.25, 0.3) is 5.91 Å². The van der Waals surface area contributed by atoms with Crippen molar-refractivity contribution in [3.8, 4) is 17.2 Å². The largest absolute Gasteiger partial charge is 0.493 e. The van der Waals surface area contributed by atoms with E-state index in [1.54, 1.807) is 37.4 Å². The smallest absolute Gasteiger partial charge is 0.319 e. The average molecular weight is 547 g/mol. The van der Waals surface area contributed by atoms with Gasteiger partial charge in [0, 0.05) is 42.1 Å². The molecule has 0 aromatic heterocycles. The summed E-state index contributed by atoms with van der Waals surface area (Å²) in [5.41, 5.74) is 4.87. The number of amides is 3. The molecule has 9 nitrogen and oxygen atoms in total. The third kappa shape index (κ3) is 7.89. The number of hydrogen-bond acceptors (Lipinski definition) is 6. The number of anilines is 2. The van der Waals surface area contributed by atoms with Gasteiger partial charge in [-0.05, 0) is 74.2 Å². The van der Waals surface area contributed by atoms with E-state index in [0.717, 1.165) is 44.5 Å². The predicted octanol–water partition coefficient (Wildman–Crippen LogP) is 6.13. The zero-order valence-corrected chi connectivity index (χ0v) is 23.3. The van der Waals surface area contributed by atoms with Crippen LogP contribution in [-0.2, 0) is 4.84 Å². The van der Waals surface area contributed by atoms with E-state index in [2.05, 4.69) is 21.0 Å². The fourth-order valence-corrected chi connectivity index (χ4v) is 4.54. The Labute approximate surface area is 235 Å². The summed E-state index contributed by atoms with van der Waals surface area (Å²) in [7, 11) is 1.57. The fraction of sp³-hybridized carbons (Fsp3) is 0.355. The van der Waals surface area contributed by atoms with Crippen molar-refractivity contribution < 1.29 is 23.9 Å². The van der Waals surface area contributed by atoms with E-state index in [9.17, 15) is 9.59 Å². The highest BCUT2D eigenvalue weighted by Crippen LogP contribution is 2.34. The fourth-order valence-electron chi connectivity index (χ4n) is 4.54. The van der Waals surface area contributed by atoms with Crippen molar-refractivity contribution in [2.75, 3.05) is 30.4 Å². The van der Waals surface area contributed by atoms with Gasteiger partial charge < -0.3 is 25.0 Å². The summed E-state index contributed by atoms with van der Waals surface area (Å²) in [6.07, 6.45) is 3.34. The molecule has 0 saturated carbocycles. The molecule has 0 bridgehead atoms. The Kier molecular flexibility index (Phi) is 10.2. The Morgan fingerprint density at radius 1 is 0.925 bits per heavy atom. The Bertz CT molecular complexity index is 1240. The highest BCUT2D eigenvalue weighted by atomic mass is 16.7. The summed E-state index contributed by atoms with van der Waals surface area (Å²) in [6, 6.07) is 22.1. The van der Waals surface area contributed by atoms with E-state index in [4.69, 9.17) is 14.3 Å². The molecule has 4 rings (SSSR count). The molecular weight excluding hydrogens is 508 g/mol. The predicted molar refractivity (Wildman–Crippen MR) is 156 cm³/mol. The number of benzene rings is 3. The van der Waals surface area contributed by atoms with Crippen molar-refractivity contribution in [2.45, 2.75) is 51.7 Å². The highest BCUT2D eigenvalue weighted by Gasteiger charge is 2.21. The molecule has 1 aliphatic heterocycles. The summed E-state index contributed by atoms with van der Waals surface area (Å²) < 4.78 is 11.6. The van der Waals surface area contributed by atoms with Gasteiger partial charge in [0.1, 0.15) is 5.75 Å². The molecule has 3 aromatic carbocycles. The van der Waals surface area contributed by atoms with Gasteiger partial charge >= 0.3 is 6.03 Å². The van der Waals surface area contributed by atoms with E-state index in [-0.39, 0.29) is 24.1 Å². The van der Waals surface area contributed by atoms with Gasteiger partial charge in [-0.2, -0.15) is 0 Å². The van der Waals surface area contributed by atoms with Gasteiger partial charge in [0.05, 0.1) is 13.2 Å². The Balaban J connectivity index is 1.27. The van der Waals surface area contributed by atoms with Gasteiger partial charge in [0.15, 0.2) is 11.5 Å². The molecule has 40 heavy (non-hydrogen) atoms. The minimum absolute atomic E-state index is 0.0257. The van der Waals surface area contributed by atoms with Crippen LogP contribution >= 0.6 is 0 Å². The lowest BCUT2D eigenvalue weighted by molar-refractivity contribution is -0.0257. The van der Waals surface area contributed by atoms with Gasteiger partial charge in [0.2, 0.25) is 0 Å². The van der Waals surface area contributed by atoms with Crippen LogP contribution in [0.15, 0.2) is 72.8 Å². The number of rotatable bonds is 11. The van der Waals surface area contributed by atoms with Gasteiger partial charge in [-0.15, -0.1) is 0 Å². The maximum Gasteiger partial charge on any atom is 0.319 e. The third-order valence-electron chi connectivity index (χ3n) is 6.97. The van der Waals surface area contributed by atoms with Gasteiger partial charge in [-0.25, -0.2) is 10.3 Å². The molecule has 0 radical (unpaired) electrons. The first-order valence-electron chi connectivity index (χ1n) is 13.8. The normalized spacial score (nSPS) is 13.6. The van der Waals surface area contributed by atoms with E-state index >= 15 is 0 Å². The van der Waals surface area contributed by atoms with Crippen molar-refractivity contribution in [1.82, 2.24) is 10.8 Å².